The van der Waals surface area contributed by atoms with Crippen LogP contribution < -0.4 is 5.73 Å². The van der Waals surface area contributed by atoms with Gasteiger partial charge in [0.2, 0.25) is 5.91 Å². The van der Waals surface area contributed by atoms with E-state index >= 15 is 0 Å². The largest absolute Gasteiger partial charge is 0.369 e. The lowest BCUT2D eigenvalue weighted by atomic mass is 9.95. The van der Waals surface area contributed by atoms with E-state index in [2.05, 4.69) is 38.5 Å². The molecule has 0 bridgehead atoms. The van der Waals surface area contributed by atoms with Gasteiger partial charge in [0.05, 0.1) is 12.5 Å². The summed E-state index contributed by atoms with van der Waals surface area (Å²) in [7, 11) is 2.19. The second-order valence-corrected chi connectivity index (χ2v) is 8.05. The van der Waals surface area contributed by atoms with Crippen LogP contribution in [0, 0.1) is 0 Å². The number of carbonyl (C=O) groups excluding carboxylic acids is 1. The molecule has 2 fully saturated rings. The topological polar surface area (TPSA) is 80.3 Å². The number of primary amides is 1. The van der Waals surface area contributed by atoms with E-state index in [9.17, 15) is 4.79 Å². The Morgan fingerprint density at radius 2 is 1.88 bits per heavy atom. The Hall–Kier alpha value is -1.47. The number of carbonyl (C=O) groups is 1. The number of aryl methyl sites for hydroxylation is 1. The maximum Gasteiger partial charge on any atom is 0.225 e. The van der Waals surface area contributed by atoms with Gasteiger partial charge in [0.15, 0.2) is 5.82 Å². The molecule has 146 valence electrons. The molecule has 1 atom stereocenters. The summed E-state index contributed by atoms with van der Waals surface area (Å²) in [5, 5.41) is 4.66. The van der Waals surface area contributed by atoms with Gasteiger partial charge in [0, 0.05) is 38.6 Å². The lowest BCUT2D eigenvalue weighted by Crippen LogP contribution is -2.48. The summed E-state index contributed by atoms with van der Waals surface area (Å²) in [5.74, 6) is 1.27. The first-order chi connectivity index (χ1) is 12.5. The summed E-state index contributed by atoms with van der Waals surface area (Å²) in [6, 6.07) is 0.978. The first-order valence-electron chi connectivity index (χ1n) is 10.2. The Labute approximate surface area is 156 Å². The molecule has 1 aromatic heterocycles. The Bertz CT molecular complexity index is 587. The van der Waals surface area contributed by atoms with Gasteiger partial charge in [-0.2, -0.15) is 5.10 Å². The van der Waals surface area contributed by atoms with Crippen molar-refractivity contribution in [3.63, 3.8) is 0 Å². The molecule has 3 rings (SSSR count). The molecule has 2 heterocycles. The number of hydrogen-bond donors (Lipinski definition) is 1. The van der Waals surface area contributed by atoms with E-state index in [0.717, 1.165) is 44.8 Å². The zero-order valence-corrected chi connectivity index (χ0v) is 16.4. The van der Waals surface area contributed by atoms with Crippen molar-refractivity contribution < 1.29 is 4.79 Å². The van der Waals surface area contributed by atoms with Crippen molar-refractivity contribution in [1.82, 2.24) is 24.6 Å². The molecule has 1 aliphatic heterocycles. The van der Waals surface area contributed by atoms with Gasteiger partial charge in [-0.15, -0.1) is 0 Å². The number of amides is 1. The van der Waals surface area contributed by atoms with E-state index < -0.39 is 0 Å². The highest BCUT2D eigenvalue weighted by Crippen LogP contribution is 2.29. The van der Waals surface area contributed by atoms with Gasteiger partial charge in [-0.05, 0) is 33.2 Å². The van der Waals surface area contributed by atoms with Crippen LogP contribution in [0.2, 0.25) is 0 Å². The summed E-state index contributed by atoms with van der Waals surface area (Å²) < 4.78 is 2.12. The molecular weight excluding hydrogens is 328 g/mol. The van der Waals surface area contributed by atoms with Crippen molar-refractivity contribution in [3.8, 4) is 0 Å². The van der Waals surface area contributed by atoms with Gasteiger partial charge < -0.3 is 10.6 Å². The molecule has 1 saturated heterocycles. The SMILES string of the molecule is C[C@@H](CCc1nc(CC(N)=O)nn1C1CCCCC1)N1CCN(C)CC1. The monoisotopic (exact) mass is 362 g/mol. The minimum Gasteiger partial charge on any atom is -0.369 e. The first-order valence-corrected chi connectivity index (χ1v) is 10.2. The Balaban J connectivity index is 1.64. The summed E-state index contributed by atoms with van der Waals surface area (Å²) in [6.07, 6.45) is 8.29. The van der Waals surface area contributed by atoms with Gasteiger partial charge in [-0.3, -0.25) is 9.69 Å². The van der Waals surface area contributed by atoms with Crippen molar-refractivity contribution in [3.05, 3.63) is 11.6 Å². The van der Waals surface area contributed by atoms with Crippen molar-refractivity contribution in [2.45, 2.75) is 70.4 Å². The lowest BCUT2D eigenvalue weighted by Gasteiger charge is -2.36. The quantitative estimate of drug-likeness (QED) is 0.793. The Morgan fingerprint density at radius 1 is 1.19 bits per heavy atom. The van der Waals surface area contributed by atoms with Crippen LogP contribution in [0.25, 0.3) is 0 Å². The number of nitrogens with zero attached hydrogens (tertiary/aromatic N) is 5. The van der Waals surface area contributed by atoms with E-state index in [-0.39, 0.29) is 12.3 Å². The third-order valence-corrected chi connectivity index (χ3v) is 5.95. The molecule has 0 spiro atoms. The highest BCUT2D eigenvalue weighted by atomic mass is 16.1. The van der Waals surface area contributed by atoms with Crippen molar-refractivity contribution in [2.24, 2.45) is 5.73 Å². The predicted molar refractivity (Wildman–Crippen MR) is 102 cm³/mol. The zero-order chi connectivity index (χ0) is 18.5. The summed E-state index contributed by atoms with van der Waals surface area (Å²) in [4.78, 5) is 20.9. The average Bonchev–Trinajstić information content (AvgIpc) is 3.03. The number of piperazine rings is 1. The highest BCUT2D eigenvalue weighted by Gasteiger charge is 2.23. The fourth-order valence-electron chi connectivity index (χ4n) is 4.21. The summed E-state index contributed by atoms with van der Waals surface area (Å²) in [5.41, 5.74) is 5.35. The minimum absolute atomic E-state index is 0.140. The number of hydrogen-bond acceptors (Lipinski definition) is 5. The third-order valence-electron chi connectivity index (χ3n) is 5.95. The van der Waals surface area contributed by atoms with Crippen LogP contribution in [0.5, 0.6) is 0 Å². The number of rotatable bonds is 7. The van der Waals surface area contributed by atoms with E-state index in [1.807, 2.05) is 0 Å². The van der Waals surface area contributed by atoms with Crippen LogP contribution in [-0.4, -0.2) is 69.7 Å². The second-order valence-electron chi connectivity index (χ2n) is 8.05. The van der Waals surface area contributed by atoms with Crippen molar-refractivity contribution in [1.29, 1.82) is 0 Å². The standard InChI is InChI=1S/C19H34N6O/c1-15(24-12-10-23(2)11-13-24)8-9-19-21-18(14-17(20)26)22-25(19)16-6-4-3-5-7-16/h15-16H,3-14H2,1-2H3,(H2,20,26)/t15-/m0/s1. The number of likely N-dealkylation sites (N-methyl/N-ethyl adjacent to an activating group) is 1. The normalized spacial score (nSPS) is 21.8. The average molecular weight is 363 g/mol. The lowest BCUT2D eigenvalue weighted by molar-refractivity contribution is -0.117. The van der Waals surface area contributed by atoms with Crippen LogP contribution in [-0.2, 0) is 17.6 Å². The van der Waals surface area contributed by atoms with Crippen LogP contribution in [0.4, 0.5) is 0 Å². The van der Waals surface area contributed by atoms with E-state index in [1.165, 1.54) is 32.1 Å². The molecule has 1 amide bonds. The predicted octanol–water partition coefficient (Wildman–Crippen LogP) is 1.38. The maximum atomic E-state index is 11.3. The van der Waals surface area contributed by atoms with E-state index in [1.54, 1.807) is 0 Å². The molecule has 2 N–H and O–H groups in total. The molecule has 1 aromatic rings. The van der Waals surface area contributed by atoms with Crippen LogP contribution in [0.15, 0.2) is 0 Å². The van der Waals surface area contributed by atoms with Crippen LogP contribution in [0.3, 0.4) is 0 Å². The Morgan fingerprint density at radius 3 is 2.54 bits per heavy atom. The minimum atomic E-state index is -0.358. The molecule has 26 heavy (non-hydrogen) atoms. The van der Waals surface area contributed by atoms with E-state index in [0.29, 0.717) is 17.9 Å². The number of aromatic nitrogens is 3. The second kappa shape index (κ2) is 8.95. The highest BCUT2D eigenvalue weighted by molar-refractivity contribution is 5.75. The van der Waals surface area contributed by atoms with Crippen molar-refractivity contribution in [2.75, 3.05) is 33.2 Å². The van der Waals surface area contributed by atoms with Crippen LogP contribution >= 0.6 is 0 Å². The molecular formula is C19H34N6O. The van der Waals surface area contributed by atoms with E-state index in [4.69, 9.17) is 5.73 Å². The van der Waals surface area contributed by atoms with Crippen LogP contribution in [0.1, 0.15) is 63.1 Å². The first kappa shape index (κ1) is 19.3. The Kier molecular flexibility index (Phi) is 6.64. The zero-order valence-electron chi connectivity index (χ0n) is 16.4. The van der Waals surface area contributed by atoms with Gasteiger partial charge in [0.1, 0.15) is 5.82 Å². The fraction of sp³-hybridized carbons (Fsp3) is 0.842. The molecule has 7 nitrogen and oxygen atoms in total. The third kappa shape index (κ3) is 5.04. The smallest absolute Gasteiger partial charge is 0.225 e. The summed E-state index contributed by atoms with van der Waals surface area (Å²) >= 11 is 0. The summed E-state index contributed by atoms with van der Waals surface area (Å²) in [6.45, 7) is 6.88. The fourth-order valence-corrected chi connectivity index (χ4v) is 4.21. The van der Waals surface area contributed by atoms with Gasteiger partial charge in [-0.25, -0.2) is 9.67 Å². The van der Waals surface area contributed by atoms with Gasteiger partial charge >= 0.3 is 0 Å². The molecule has 1 aliphatic carbocycles. The van der Waals surface area contributed by atoms with Gasteiger partial charge in [-0.1, -0.05) is 19.3 Å². The number of nitrogens with two attached hydrogens (primary N) is 1. The molecule has 0 radical (unpaired) electrons. The maximum absolute atomic E-state index is 11.3. The molecule has 7 heteroatoms. The van der Waals surface area contributed by atoms with Gasteiger partial charge in [0.25, 0.3) is 0 Å². The molecule has 0 aromatic carbocycles. The van der Waals surface area contributed by atoms with Crippen molar-refractivity contribution >= 4 is 5.91 Å². The molecule has 1 saturated carbocycles. The molecule has 2 aliphatic rings. The molecule has 0 unspecified atom stereocenters.